The molecule has 0 unspecified atom stereocenters. The van der Waals surface area contributed by atoms with Gasteiger partial charge in [-0.3, -0.25) is 9.69 Å². The second kappa shape index (κ2) is 6.69. The van der Waals surface area contributed by atoms with Gasteiger partial charge in [0.2, 0.25) is 0 Å². The molecule has 1 aromatic rings. The first-order chi connectivity index (χ1) is 9.93. The highest BCUT2D eigenvalue weighted by Crippen LogP contribution is 2.22. The Balaban J connectivity index is 2.08. The molecule has 0 bridgehead atoms. The minimum absolute atomic E-state index is 0.233. The van der Waals surface area contributed by atoms with Crippen LogP contribution in [0.25, 0.3) is 0 Å². The quantitative estimate of drug-likeness (QED) is 0.837. The molecule has 21 heavy (non-hydrogen) atoms. The molecule has 0 atom stereocenters. The van der Waals surface area contributed by atoms with Crippen LogP contribution in [0.2, 0.25) is 0 Å². The maximum absolute atomic E-state index is 12.8. The minimum Gasteiger partial charge on any atom is -0.297 e. The summed E-state index contributed by atoms with van der Waals surface area (Å²) < 4.78 is 1.84. The average Bonchev–Trinajstić information content (AvgIpc) is 2.72. The van der Waals surface area contributed by atoms with Crippen LogP contribution in [-0.2, 0) is 11.2 Å². The Hall–Kier alpha value is -1.23. The van der Waals surface area contributed by atoms with Crippen molar-refractivity contribution in [2.75, 3.05) is 13.1 Å². The Labute approximate surface area is 127 Å². The summed E-state index contributed by atoms with van der Waals surface area (Å²) in [5.74, 6) is 1.01. The number of carbonyl (C=O) groups excluding carboxylic acids is 1. The van der Waals surface area contributed by atoms with Crippen LogP contribution in [0.4, 0.5) is 0 Å². The molecule has 1 fully saturated rings. The van der Waals surface area contributed by atoms with Crippen LogP contribution in [0.1, 0.15) is 65.2 Å². The molecule has 1 aliphatic heterocycles. The van der Waals surface area contributed by atoms with Gasteiger partial charge in [0.05, 0.1) is 12.0 Å². The number of aromatic nitrogens is 3. The zero-order valence-corrected chi connectivity index (χ0v) is 13.8. The van der Waals surface area contributed by atoms with Gasteiger partial charge in [-0.1, -0.05) is 12.8 Å². The van der Waals surface area contributed by atoms with Crippen LogP contribution in [-0.4, -0.2) is 44.1 Å². The standard InChI is InChI=1S/C16H28N4O/c1-13(2)20-15(17-12-18-20)11-14(21)16(3,4)19-9-7-5-6-8-10-19/h12-13H,5-11H2,1-4H3. The maximum atomic E-state index is 12.8. The molecule has 0 aromatic carbocycles. The van der Waals surface area contributed by atoms with E-state index < -0.39 is 5.54 Å². The zero-order valence-electron chi connectivity index (χ0n) is 13.8. The summed E-state index contributed by atoms with van der Waals surface area (Å²) in [7, 11) is 0. The Bertz CT molecular complexity index is 470. The van der Waals surface area contributed by atoms with Crippen LogP contribution in [0, 0.1) is 0 Å². The van der Waals surface area contributed by atoms with E-state index in [1.807, 2.05) is 4.68 Å². The van der Waals surface area contributed by atoms with Crippen molar-refractivity contribution >= 4 is 5.78 Å². The summed E-state index contributed by atoms with van der Waals surface area (Å²) in [6.07, 6.45) is 6.85. The normalized spacial score (nSPS) is 18.0. The molecule has 0 N–H and O–H groups in total. The molecule has 0 aliphatic carbocycles. The third kappa shape index (κ3) is 3.70. The van der Waals surface area contributed by atoms with E-state index in [0.717, 1.165) is 18.9 Å². The van der Waals surface area contributed by atoms with Gasteiger partial charge in [-0.2, -0.15) is 5.10 Å². The topological polar surface area (TPSA) is 51.0 Å². The second-order valence-corrected chi connectivity index (χ2v) is 6.77. The van der Waals surface area contributed by atoms with Gasteiger partial charge < -0.3 is 0 Å². The molecule has 2 rings (SSSR count). The first kappa shape index (κ1) is 16.1. The number of ketones is 1. The Morgan fingerprint density at radius 3 is 2.43 bits per heavy atom. The number of hydrogen-bond acceptors (Lipinski definition) is 4. The lowest BCUT2D eigenvalue weighted by molar-refractivity contribution is -0.129. The zero-order chi connectivity index (χ0) is 15.5. The van der Waals surface area contributed by atoms with Gasteiger partial charge in [-0.25, -0.2) is 9.67 Å². The van der Waals surface area contributed by atoms with Gasteiger partial charge in [0, 0.05) is 6.04 Å². The summed E-state index contributed by atoms with van der Waals surface area (Å²) in [5, 5.41) is 4.22. The van der Waals surface area contributed by atoms with Gasteiger partial charge in [-0.05, 0) is 53.6 Å². The number of likely N-dealkylation sites (tertiary alicyclic amines) is 1. The molecule has 0 spiro atoms. The SMILES string of the molecule is CC(C)n1ncnc1CC(=O)C(C)(C)N1CCCCCC1. The van der Waals surface area contributed by atoms with Crippen LogP contribution in [0.3, 0.4) is 0 Å². The fraction of sp³-hybridized carbons (Fsp3) is 0.812. The highest BCUT2D eigenvalue weighted by molar-refractivity contribution is 5.88. The van der Waals surface area contributed by atoms with E-state index in [4.69, 9.17) is 0 Å². The molecular formula is C16H28N4O. The molecule has 5 nitrogen and oxygen atoms in total. The van der Waals surface area contributed by atoms with Crippen molar-refractivity contribution in [3.05, 3.63) is 12.2 Å². The molecule has 1 aromatic heterocycles. The van der Waals surface area contributed by atoms with Gasteiger partial charge in [-0.15, -0.1) is 0 Å². The Morgan fingerprint density at radius 1 is 1.24 bits per heavy atom. The van der Waals surface area contributed by atoms with Crippen molar-refractivity contribution in [3.8, 4) is 0 Å². The summed E-state index contributed by atoms with van der Waals surface area (Å²) >= 11 is 0. The highest BCUT2D eigenvalue weighted by atomic mass is 16.1. The van der Waals surface area contributed by atoms with E-state index in [0.29, 0.717) is 6.42 Å². The lowest BCUT2D eigenvalue weighted by atomic mass is 9.93. The van der Waals surface area contributed by atoms with Gasteiger partial charge >= 0.3 is 0 Å². The van der Waals surface area contributed by atoms with Crippen LogP contribution in [0.5, 0.6) is 0 Å². The van der Waals surface area contributed by atoms with Crippen LogP contribution >= 0.6 is 0 Å². The van der Waals surface area contributed by atoms with Crippen molar-refractivity contribution in [3.63, 3.8) is 0 Å². The van der Waals surface area contributed by atoms with E-state index in [-0.39, 0.29) is 11.8 Å². The monoisotopic (exact) mass is 292 g/mol. The number of hydrogen-bond donors (Lipinski definition) is 0. The van der Waals surface area contributed by atoms with E-state index in [9.17, 15) is 4.79 Å². The van der Waals surface area contributed by atoms with Crippen molar-refractivity contribution in [2.24, 2.45) is 0 Å². The van der Waals surface area contributed by atoms with E-state index in [1.54, 1.807) is 6.33 Å². The summed E-state index contributed by atoms with van der Waals surface area (Å²) in [5.41, 5.74) is -0.419. The summed E-state index contributed by atoms with van der Waals surface area (Å²) in [6.45, 7) is 10.3. The van der Waals surface area contributed by atoms with Gasteiger partial charge in [0.1, 0.15) is 12.2 Å². The van der Waals surface area contributed by atoms with E-state index in [1.165, 1.54) is 25.7 Å². The third-order valence-electron chi connectivity index (χ3n) is 4.53. The molecule has 0 amide bonds. The van der Waals surface area contributed by atoms with Crippen LogP contribution < -0.4 is 0 Å². The predicted molar refractivity (Wildman–Crippen MR) is 83.2 cm³/mol. The minimum atomic E-state index is -0.419. The maximum Gasteiger partial charge on any atom is 0.160 e. The molecule has 1 saturated heterocycles. The Kier molecular flexibility index (Phi) is 5.14. The predicted octanol–water partition coefficient (Wildman–Crippen LogP) is 2.63. The molecule has 0 saturated carbocycles. The lowest BCUT2D eigenvalue weighted by Crippen LogP contribution is -2.51. The first-order valence-corrected chi connectivity index (χ1v) is 8.09. The van der Waals surface area contributed by atoms with E-state index >= 15 is 0 Å². The summed E-state index contributed by atoms with van der Waals surface area (Å²) in [4.78, 5) is 19.4. The average molecular weight is 292 g/mol. The van der Waals surface area contributed by atoms with Gasteiger partial charge in [0.15, 0.2) is 5.78 Å². The molecule has 2 heterocycles. The van der Waals surface area contributed by atoms with Crippen molar-refractivity contribution in [2.45, 2.75) is 71.4 Å². The largest absolute Gasteiger partial charge is 0.297 e. The number of nitrogens with zero attached hydrogens (tertiary/aromatic N) is 4. The van der Waals surface area contributed by atoms with Crippen molar-refractivity contribution < 1.29 is 4.79 Å². The highest BCUT2D eigenvalue weighted by Gasteiger charge is 2.35. The summed E-state index contributed by atoms with van der Waals surface area (Å²) in [6, 6.07) is 0.233. The van der Waals surface area contributed by atoms with Crippen LogP contribution in [0.15, 0.2) is 6.33 Å². The number of carbonyl (C=O) groups is 1. The molecule has 118 valence electrons. The third-order valence-corrected chi connectivity index (χ3v) is 4.53. The van der Waals surface area contributed by atoms with Gasteiger partial charge in [0.25, 0.3) is 0 Å². The second-order valence-electron chi connectivity index (χ2n) is 6.77. The fourth-order valence-corrected chi connectivity index (χ4v) is 3.00. The molecule has 0 radical (unpaired) electrons. The molecular weight excluding hydrogens is 264 g/mol. The number of Topliss-reactive ketones (excluding diaryl/α,β-unsaturated/α-hetero) is 1. The van der Waals surface area contributed by atoms with Crippen molar-refractivity contribution in [1.82, 2.24) is 19.7 Å². The first-order valence-electron chi connectivity index (χ1n) is 8.09. The van der Waals surface area contributed by atoms with Crippen molar-refractivity contribution in [1.29, 1.82) is 0 Å². The smallest absolute Gasteiger partial charge is 0.160 e. The molecule has 5 heteroatoms. The fourth-order valence-electron chi connectivity index (χ4n) is 3.00. The lowest BCUT2D eigenvalue weighted by Gasteiger charge is -2.36. The Morgan fingerprint density at radius 2 is 1.86 bits per heavy atom. The van der Waals surface area contributed by atoms with E-state index in [2.05, 4.69) is 42.7 Å². The molecule has 1 aliphatic rings. The number of rotatable bonds is 5.